The van der Waals surface area contributed by atoms with E-state index in [0.717, 1.165) is 18.4 Å². The molecule has 0 amide bonds. The summed E-state index contributed by atoms with van der Waals surface area (Å²) in [4.78, 5) is 3.51. The molecule has 0 saturated heterocycles. The van der Waals surface area contributed by atoms with Crippen LogP contribution in [0.5, 0.6) is 0 Å². The third-order valence-corrected chi connectivity index (χ3v) is 1.92. The van der Waals surface area contributed by atoms with Gasteiger partial charge in [0.1, 0.15) is 0 Å². The maximum atomic E-state index is 12.7. The number of anilines is 1. The van der Waals surface area contributed by atoms with Gasteiger partial charge in [-0.15, -0.1) is 0 Å². The predicted octanol–water partition coefficient (Wildman–Crippen LogP) is 1.60. The van der Waals surface area contributed by atoms with E-state index in [-0.39, 0.29) is 11.7 Å². The smallest absolute Gasteiger partial charge is 0.236 e. The highest BCUT2D eigenvalue weighted by atomic mass is 19.1. The van der Waals surface area contributed by atoms with Crippen LogP contribution in [0, 0.1) is 5.95 Å². The molecule has 13 heavy (non-hydrogen) atoms. The van der Waals surface area contributed by atoms with Gasteiger partial charge < -0.3 is 11.5 Å². The molecular weight excluding hydrogens is 169 g/mol. The van der Waals surface area contributed by atoms with Gasteiger partial charge in [-0.05, 0) is 18.1 Å². The zero-order valence-electron chi connectivity index (χ0n) is 7.63. The van der Waals surface area contributed by atoms with Crippen molar-refractivity contribution in [3.8, 4) is 0 Å². The molecule has 3 nitrogen and oxygen atoms in total. The van der Waals surface area contributed by atoms with Gasteiger partial charge in [-0.1, -0.05) is 13.3 Å². The first kappa shape index (κ1) is 9.92. The summed E-state index contributed by atoms with van der Waals surface area (Å²) >= 11 is 0. The Kier molecular flexibility index (Phi) is 3.19. The molecule has 0 spiro atoms. The number of rotatable bonds is 3. The Labute approximate surface area is 77.0 Å². The molecule has 0 saturated carbocycles. The Morgan fingerprint density at radius 1 is 1.62 bits per heavy atom. The largest absolute Gasteiger partial charge is 0.395 e. The number of nitrogens with two attached hydrogens (primary N) is 2. The Balaban J connectivity index is 2.84. The number of hydrogen-bond acceptors (Lipinski definition) is 3. The summed E-state index contributed by atoms with van der Waals surface area (Å²) < 4.78 is 12.7. The highest BCUT2D eigenvalue weighted by Gasteiger charge is 2.07. The third-order valence-electron chi connectivity index (χ3n) is 1.92. The van der Waals surface area contributed by atoms with Gasteiger partial charge in [0.05, 0.1) is 5.69 Å². The second-order valence-electron chi connectivity index (χ2n) is 3.04. The lowest BCUT2D eigenvalue weighted by Gasteiger charge is -2.10. The van der Waals surface area contributed by atoms with E-state index in [1.54, 1.807) is 6.07 Å². The van der Waals surface area contributed by atoms with Gasteiger partial charge in [0.2, 0.25) is 5.95 Å². The van der Waals surface area contributed by atoms with Crippen molar-refractivity contribution in [3.63, 3.8) is 0 Å². The van der Waals surface area contributed by atoms with Crippen molar-refractivity contribution in [1.29, 1.82) is 0 Å². The summed E-state index contributed by atoms with van der Waals surface area (Å²) in [5.74, 6) is -0.632. The lowest BCUT2D eigenvalue weighted by molar-refractivity contribution is 0.580. The first-order chi connectivity index (χ1) is 6.15. The van der Waals surface area contributed by atoms with E-state index >= 15 is 0 Å². The fourth-order valence-corrected chi connectivity index (χ4v) is 1.16. The molecule has 0 fully saturated rings. The van der Waals surface area contributed by atoms with Crippen molar-refractivity contribution >= 4 is 5.69 Å². The summed E-state index contributed by atoms with van der Waals surface area (Å²) in [5, 5.41) is 0. The molecular formula is C9H14FN3. The molecule has 0 aliphatic heterocycles. The van der Waals surface area contributed by atoms with E-state index in [1.807, 2.05) is 6.92 Å². The van der Waals surface area contributed by atoms with Crippen molar-refractivity contribution in [3.05, 3.63) is 23.8 Å². The topological polar surface area (TPSA) is 64.9 Å². The highest BCUT2D eigenvalue weighted by molar-refractivity contribution is 5.39. The second kappa shape index (κ2) is 4.18. The molecule has 4 heteroatoms. The van der Waals surface area contributed by atoms with Gasteiger partial charge in [-0.3, -0.25) is 0 Å². The molecule has 0 radical (unpaired) electrons. The van der Waals surface area contributed by atoms with Crippen molar-refractivity contribution in [1.82, 2.24) is 4.98 Å². The van der Waals surface area contributed by atoms with Crippen molar-refractivity contribution in [2.45, 2.75) is 25.8 Å². The van der Waals surface area contributed by atoms with E-state index in [9.17, 15) is 4.39 Å². The van der Waals surface area contributed by atoms with E-state index in [4.69, 9.17) is 11.5 Å². The number of hydrogen-bond donors (Lipinski definition) is 2. The molecule has 0 bridgehead atoms. The van der Waals surface area contributed by atoms with Crippen LogP contribution in [-0.2, 0) is 0 Å². The Morgan fingerprint density at radius 2 is 2.31 bits per heavy atom. The lowest BCUT2D eigenvalue weighted by Crippen LogP contribution is -2.11. The molecule has 1 heterocycles. The van der Waals surface area contributed by atoms with Gasteiger partial charge in [0.25, 0.3) is 0 Å². The van der Waals surface area contributed by atoms with Crippen LogP contribution >= 0.6 is 0 Å². The standard InChI is InChI=1S/C9H14FN3/c1-2-3-7(11)6-4-8(12)9(10)13-5-6/h4-5,7H,2-3,11-12H2,1H3. The monoisotopic (exact) mass is 183 g/mol. The van der Waals surface area contributed by atoms with E-state index in [2.05, 4.69) is 4.98 Å². The maximum Gasteiger partial charge on any atom is 0.236 e. The molecule has 1 atom stereocenters. The van der Waals surface area contributed by atoms with Crippen LogP contribution < -0.4 is 11.5 Å². The third kappa shape index (κ3) is 2.39. The average molecular weight is 183 g/mol. The zero-order chi connectivity index (χ0) is 9.84. The Hall–Kier alpha value is -1.16. The quantitative estimate of drug-likeness (QED) is 0.699. The van der Waals surface area contributed by atoms with Gasteiger partial charge in [-0.2, -0.15) is 4.39 Å². The number of nitrogen functional groups attached to an aromatic ring is 1. The zero-order valence-corrected chi connectivity index (χ0v) is 7.63. The minimum atomic E-state index is -0.632. The summed E-state index contributed by atoms with van der Waals surface area (Å²) in [5.41, 5.74) is 12.0. The van der Waals surface area contributed by atoms with E-state index in [0.29, 0.717) is 0 Å². The average Bonchev–Trinajstić information content (AvgIpc) is 2.10. The molecule has 72 valence electrons. The van der Waals surface area contributed by atoms with Crippen LogP contribution in [-0.4, -0.2) is 4.98 Å². The van der Waals surface area contributed by atoms with Crippen LogP contribution in [0.3, 0.4) is 0 Å². The molecule has 1 aromatic rings. The molecule has 0 aliphatic rings. The summed E-state index contributed by atoms with van der Waals surface area (Å²) in [6.45, 7) is 2.04. The second-order valence-corrected chi connectivity index (χ2v) is 3.04. The maximum absolute atomic E-state index is 12.7. The Bertz CT molecular complexity index is 288. The summed E-state index contributed by atoms with van der Waals surface area (Å²) in [6.07, 6.45) is 3.28. The van der Waals surface area contributed by atoms with Crippen molar-refractivity contribution in [2.75, 3.05) is 5.73 Å². The molecule has 0 aromatic carbocycles. The van der Waals surface area contributed by atoms with Crippen molar-refractivity contribution in [2.24, 2.45) is 5.73 Å². The summed E-state index contributed by atoms with van der Waals surface area (Å²) in [7, 11) is 0. The first-order valence-corrected chi connectivity index (χ1v) is 4.31. The molecule has 1 unspecified atom stereocenters. The fraction of sp³-hybridized carbons (Fsp3) is 0.444. The fourth-order valence-electron chi connectivity index (χ4n) is 1.16. The molecule has 4 N–H and O–H groups in total. The number of aromatic nitrogens is 1. The minimum Gasteiger partial charge on any atom is -0.395 e. The van der Waals surface area contributed by atoms with Gasteiger partial charge in [0.15, 0.2) is 0 Å². The summed E-state index contributed by atoms with van der Waals surface area (Å²) in [6, 6.07) is 1.45. The van der Waals surface area contributed by atoms with E-state index < -0.39 is 5.95 Å². The Morgan fingerprint density at radius 3 is 2.85 bits per heavy atom. The van der Waals surface area contributed by atoms with Crippen LogP contribution in [0.1, 0.15) is 31.4 Å². The van der Waals surface area contributed by atoms with Gasteiger partial charge in [-0.25, -0.2) is 4.98 Å². The van der Waals surface area contributed by atoms with Crippen molar-refractivity contribution < 1.29 is 4.39 Å². The number of pyridine rings is 1. The number of nitrogens with zero attached hydrogens (tertiary/aromatic N) is 1. The van der Waals surface area contributed by atoms with Gasteiger partial charge in [0, 0.05) is 12.2 Å². The molecule has 1 aromatic heterocycles. The first-order valence-electron chi connectivity index (χ1n) is 4.31. The minimum absolute atomic E-state index is 0.0593. The predicted molar refractivity (Wildman–Crippen MR) is 50.4 cm³/mol. The SMILES string of the molecule is CCCC(N)c1cnc(F)c(N)c1. The highest BCUT2D eigenvalue weighted by Crippen LogP contribution is 2.18. The molecule has 1 rings (SSSR count). The van der Waals surface area contributed by atoms with Gasteiger partial charge >= 0.3 is 0 Å². The van der Waals surface area contributed by atoms with Crippen LogP contribution in [0.4, 0.5) is 10.1 Å². The molecule has 0 aliphatic carbocycles. The number of halogens is 1. The van der Waals surface area contributed by atoms with Crippen LogP contribution in [0.15, 0.2) is 12.3 Å². The van der Waals surface area contributed by atoms with E-state index in [1.165, 1.54) is 6.20 Å². The lowest BCUT2D eigenvalue weighted by atomic mass is 10.1. The van der Waals surface area contributed by atoms with Crippen LogP contribution in [0.2, 0.25) is 0 Å². The van der Waals surface area contributed by atoms with Crippen LogP contribution in [0.25, 0.3) is 0 Å². The normalized spacial score (nSPS) is 12.8.